The highest BCUT2D eigenvalue weighted by Gasteiger charge is 2.11. The topological polar surface area (TPSA) is 46.9 Å². The molecular weight excluding hydrogens is 488 g/mol. The van der Waals surface area contributed by atoms with Crippen LogP contribution in [0.5, 0.6) is 0 Å². The summed E-state index contributed by atoms with van der Waals surface area (Å²) in [6, 6.07) is 9.97. The van der Waals surface area contributed by atoms with Gasteiger partial charge in [-0.1, -0.05) is 69.5 Å². The summed E-state index contributed by atoms with van der Waals surface area (Å²) in [7, 11) is 0. The molecule has 1 aromatic heterocycles. The number of nitrogens with one attached hydrogen (secondary N) is 1. The van der Waals surface area contributed by atoms with Crippen molar-refractivity contribution in [2.45, 2.75) is 4.34 Å². The van der Waals surface area contributed by atoms with Crippen molar-refractivity contribution in [1.29, 1.82) is 0 Å². The molecule has 0 fully saturated rings. The first-order valence-corrected chi connectivity index (χ1v) is 11.0. The number of carbonyl (C=O) groups is 1. The van der Waals surface area contributed by atoms with Gasteiger partial charge in [0.25, 0.3) is 0 Å². The van der Waals surface area contributed by atoms with E-state index in [1.54, 1.807) is 41.1 Å². The van der Waals surface area contributed by atoms with E-state index >= 15 is 0 Å². The maximum absolute atomic E-state index is 12.1. The average Bonchev–Trinajstić information content (AvgIpc) is 2.95. The average molecular weight is 497 g/mol. The number of halogens is 4. The first-order chi connectivity index (χ1) is 12.8. The lowest BCUT2D eigenvalue weighted by molar-refractivity contribution is -0.113. The highest BCUT2D eigenvalue weighted by molar-refractivity contribution is 8.01. The second-order valence-electron chi connectivity index (χ2n) is 5.14. The number of nitrogens with zero attached hydrogens (tertiary/aromatic N) is 2. The van der Waals surface area contributed by atoms with Crippen molar-refractivity contribution >= 4 is 93.3 Å². The summed E-state index contributed by atoms with van der Waals surface area (Å²) in [5.41, 5.74) is 1.24. The molecule has 1 amide bonds. The third-order valence-corrected chi connectivity index (χ3v) is 6.69. The van der Waals surface area contributed by atoms with Crippen LogP contribution in [0, 0.1) is 3.95 Å². The largest absolute Gasteiger partial charge is 0.325 e. The third-order valence-electron chi connectivity index (χ3n) is 3.15. The first kappa shape index (κ1) is 20.9. The smallest absolute Gasteiger partial charge is 0.234 e. The Kier molecular flexibility index (Phi) is 7.08. The van der Waals surface area contributed by atoms with Crippen LogP contribution in [0.4, 0.5) is 5.69 Å². The lowest BCUT2D eigenvalue weighted by Crippen LogP contribution is -2.14. The van der Waals surface area contributed by atoms with Crippen molar-refractivity contribution in [3.05, 3.63) is 60.4 Å². The zero-order valence-corrected chi connectivity index (χ0v) is 18.7. The molecule has 0 bridgehead atoms. The number of thioether (sulfide) groups is 1. The van der Waals surface area contributed by atoms with Gasteiger partial charge in [-0.25, -0.2) is 4.68 Å². The highest BCUT2D eigenvalue weighted by Crippen LogP contribution is 2.28. The summed E-state index contributed by atoms with van der Waals surface area (Å²) in [6.07, 6.45) is 0. The molecule has 0 unspecified atom stereocenters. The summed E-state index contributed by atoms with van der Waals surface area (Å²) in [4.78, 5) is 12.1. The van der Waals surface area contributed by atoms with E-state index in [1.165, 1.54) is 23.1 Å². The second-order valence-corrected chi connectivity index (χ2v) is 9.67. The van der Waals surface area contributed by atoms with E-state index in [2.05, 4.69) is 10.4 Å². The molecule has 1 heterocycles. The number of hydrogen-bond acceptors (Lipinski definition) is 5. The van der Waals surface area contributed by atoms with E-state index in [1.807, 2.05) is 0 Å². The predicted molar refractivity (Wildman–Crippen MR) is 118 cm³/mol. The summed E-state index contributed by atoms with van der Waals surface area (Å²) in [5, 5.41) is 8.94. The van der Waals surface area contributed by atoms with Gasteiger partial charge in [0.05, 0.1) is 21.5 Å². The summed E-state index contributed by atoms with van der Waals surface area (Å²) in [6.45, 7) is 0. The second kappa shape index (κ2) is 9.13. The Hall–Kier alpha value is -0.800. The molecule has 1 N–H and O–H groups in total. The molecule has 140 valence electrons. The maximum Gasteiger partial charge on any atom is 0.234 e. The minimum atomic E-state index is -0.208. The summed E-state index contributed by atoms with van der Waals surface area (Å²) in [5.74, 6) is -0.0473. The fourth-order valence-corrected chi connectivity index (χ4v) is 5.03. The van der Waals surface area contributed by atoms with Crippen LogP contribution in [-0.2, 0) is 4.79 Å². The molecule has 4 nitrogen and oxygen atoms in total. The molecule has 0 radical (unpaired) electrons. The minimum Gasteiger partial charge on any atom is -0.325 e. The molecule has 11 heteroatoms. The molecule has 3 aromatic rings. The van der Waals surface area contributed by atoms with Gasteiger partial charge >= 0.3 is 0 Å². The number of rotatable bonds is 5. The Morgan fingerprint density at radius 1 is 1.11 bits per heavy atom. The van der Waals surface area contributed by atoms with Crippen LogP contribution in [0.2, 0.25) is 20.1 Å². The highest BCUT2D eigenvalue weighted by atomic mass is 35.5. The van der Waals surface area contributed by atoms with Crippen LogP contribution in [0.3, 0.4) is 0 Å². The fourth-order valence-electron chi connectivity index (χ4n) is 2.05. The van der Waals surface area contributed by atoms with Gasteiger partial charge in [0.1, 0.15) is 0 Å². The molecule has 0 atom stereocenters. The van der Waals surface area contributed by atoms with E-state index in [-0.39, 0.29) is 11.7 Å². The maximum atomic E-state index is 12.1. The molecule has 0 aliphatic carbocycles. The van der Waals surface area contributed by atoms with E-state index in [4.69, 9.17) is 58.6 Å². The summed E-state index contributed by atoms with van der Waals surface area (Å²) >= 11 is 31.8. The van der Waals surface area contributed by atoms with Gasteiger partial charge in [-0.15, -0.1) is 5.10 Å². The molecule has 0 saturated carbocycles. The van der Waals surface area contributed by atoms with Crippen LogP contribution in [0.15, 0.2) is 40.7 Å². The molecule has 0 saturated heterocycles. The van der Waals surface area contributed by atoms with Gasteiger partial charge < -0.3 is 5.32 Å². The van der Waals surface area contributed by atoms with E-state index in [0.29, 0.717) is 39.8 Å². The third kappa shape index (κ3) is 5.60. The Labute approximate surface area is 188 Å². The molecule has 0 aliphatic rings. The number of aromatic nitrogens is 2. The lowest BCUT2D eigenvalue weighted by Gasteiger charge is -2.05. The van der Waals surface area contributed by atoms with E-state index < -0.39 is 0 Å². The Morgan fingerprint density at radius 3 is 2.48 bits per heavy atom. The predicted octanol–water partition coefficient (Wildman–Crippen LogP) is 7.01. The lowest BCUT2D eigenvalue weighted by atomic mass is 10.3. The van der Waals surface area contributed by atoms with Crippen molar-refractivity contribution in [2.75, 3.05) is 11.1 Å². The molecule has 0 spiro atoms. The van der Waals surface area contributed by atoms with Crippen molar-refractivity contribution < 1.29 is 4.79 Å². The van der Waals surface area contributed by atoms with Crippen LogP contribution in [0.1, 0.15) is 0 Å². The van der Waals surface area contributed by atoms with Crippen molar-refractivity contribution in [1.82, 2.24) is 9.78 Å². The number of anilines is 1. The van der Waals surface area contributed by atoms with Gasteiger partial charge in [-0.05, 0) is 48.6 Å². The van der Waals surface area contributed by atoms with Gasteiger partial charge in [0, 0.05) is 15.7 Å². The number of carbonyl (C=O) groups excluding carboxylic acids is 1. The van der Waals surface area contributed by atoms with Crippen LogP contribution in [-0.4, -0.2) is 21.4 Å². The van der Waals surface area contributed by atoms with Gasteiger partial charge in [-0.2, -0.15) is 0 Å². The molecular formula is C16H9Cl4N3OS3. The molecule has 0 aliphatic heterocycles. The van der Waals surface area contributed by atoms with Crippen LogP contribution in [0.25, 0.3) is 5.69 Å². The number of amides is 1. The Balaban J connectivity index is 1.67. The molecule has 27 heavy (non-hydrogen) atoms. The van der Waals surface area contributed by atoms with Crippen molar-refractivity contribution in [3.8, 4) is 5.69 Å². The van der Waals surface area contributed by atoms with Gasteiger partial charge in [0.15, 0.2) is 8.29 Å². The monoisotopic (exact) mass is 495 g/mol. The zero-order valence-electron chi connectivity index (χ0n) is 13.2. The quantitative estimate of drug-likeness (QED) is 0.305. The minimum absolute atomic E-state index is 0.161. The Bertz CT molecular complexity index is 1050. The Morgan fingerprint density at radius 2 is 1.81 bits per heavy atom. The number of hydrogen-bond donors (Lipinski definition) is 1. The van der Waals surface area contributed by atoms with Crippen molar-refractivity contribution in [3.63, 3.8) is 0 Å². The zero-order chi connectivity index (χ0) is 19.6. The molecule has 3 rings (SSSR count). The molecule has 2 aromatic carbocycles. The fraction of sp³-hybridized carbons (Fsp3) is 0.0625. The van der Waals surface area contributed by atoms with Gasteiger partial charge in [0.2, 0.25) is 5.91 Å². The standard InChI is InChI=1S/C16H9Cl4N3OS3/c17-8-3-9(18)5-10(4-8)21-14(24)7-26-15-22-23(16(25)27-15)11-1-2-12(19)13(20)6-11/h1-6H,7H2,(H,21,24). The van der Waals surface area contributed by atoms with E-state index in [9.17, 15) is 4.79 Å². The van der Waals surface area contributed by atoms with Gasteiger partial charge in [-0.3, -0.25) is 4.79 Å². The number of benzene rings is 2. The van der Waals surface area contributed by atoms with Crippen LogP contribution < -0.4 is 5.32 Å². The SMILES string of the molecule is O=C(CSc1nn(-c2ccc(Cl)c(Cl)c2)c(=S)s1)Nc1cc(Cl)cc(Cl)c1. The van der Waals surface area contributed by atoms with Crippen LogP contribution >= 0.6 is 81.7 Å². The normalized spacial score (nSPS) is 10.8. The summed E-state index contributed by atoms with van der Waals surface area (Å²) < 4.78 is 2.78. The van der Waals surface area contributed by atoms with E-state index in [0.717, 1.165) is 0 Å². The first-order valence-electron chi connectivity index (χ1n) is 7.26. The van der Waals surface area contributed by atoms with Crippen molar-refractivity contribution in [2.24, 2.45) is 0 Å².